The standard InChI is InChI=1S/C10H9N5O4/c1-5-12-10(19-14-5)13-9(16)7-4-6(11)2-3-8(7)15(17)18/h2-4H,11H2,1H3,(H,12,13,14,16). The van der Waals surface area contributed by atoms with Crippen LogP contribution in [-0.4, -0.2) is 21.0 Å². The van der Waals surface area contributed by atoms with Crippen molar-refractivity contribution in [3.63, 3.8) is 0 Å². The van der Waals surface area contributed by atoms with Gasteiger partial charge in [-0.2, -0.15) is 4.98 Å². The van der Waals surface area contributed by atoms with Crippen molar-refractivity contribution in [1.82, 2.24) is 10.1 Å². The molecular formula is C10H9N5O4. The van der Waals surface area contributed by atoms with E-state index in [0.29, 0.717) is 5.82 Å². The fraction of sp³-hybridized carbons (Fsp3) is 0.100. The summed E-state index contributed by atoms with van der Waals surface area (Å²) in [6.45, 7) is 1.57. The van der Waals surface area contributed by atoms with Crippen LogP contribution in [0, 0.1) is 17.0 Å². The Morgan fingerprint density at radius 3 is 2.84 bits per heavy atom. The van der Waals surface area contributed by atoms with Crippen LogP contribution in [0.25, 0.3) is 0 Å². The molecule has 1 amide bonds. The predicted molar refractivity (Wildman–Crippen MR) is 64.5 cm³/mol. The van der Waals surface area contributed by atoms with E-state index < -0.39 is 10.8 Å². The molecule has 0 aliphatic carbocycles. The van der Waals surface area contributed by atoms with Crippen LogP contribution < -0.4 is 11.1 Å². The molecule has 2 rings (SSSR count). The predicted octanol–water partition coefficient (Wildman–Crippen LogP) is 1.12. The molecule has 0 atom stereocenters. The smallest absolute Gasteiger partial charge is 0.328 e. The largest absolute Gasteiger partial charge is 0.399 e. The minimum absolute atomic E-state index is 0.140. The van der Waals surface area contributed by atoms with Crippen molar-refractivity contribution in [3.8, 4) is 0 Å². The van der Waals surface area contributed by atoms with Crippen LogP contribution in [0.1, 0.15) is 16.2 Å². The molecule has 0 saturated heterocycles. The highest BCUT2D eigenvalue weighted by molar-refractivity contribution is 6.06. The topological polar surface area (TPSA) is 137 Å². The van der Waals surface area contributed by atoms with Gasteiger partial charge in [0.15, 0.2) is 5.82 Å². The van der Waals surface area contributed by atoms with Gasteiger partial charge in [-0.05, 0) is 19.1 Å². The zero-order valence-electron chi connectivity index (χ0n) is 9.78. The highest BCUT2D eigenvalue weighted by atomic mass is 16.6. The van der Waals surface area contributed by atoms with Gasteiger partial charge < -0.3 is 10.3 Å². The average molecular weight is 263 g/mol. The summed E-state index contributed by atoms with van der Waals surface area (Å²) in [5.41, 5.74) is 5.20. The molecule has 0 aliphatic heterocycles. The third kappa shape index (κ3) is 2.65. The van der Waals surface area contributed by atoms with E-state index in [1.54, 1.807) is 6.92 Å². The van der Waals surface area contributed by atoms with Crippen molar-refractivity contribution in [2.24, 2.45) is 0 Å². The number of amides is 1. The van der Waals surface area contributed by atoms with Gasteiger partial charge in [0.2, 0.25) is 0 Å². The summed E-state index contributed by atoms with van der Waals surface area (Å²) < 4.78 is 4.69. The molecule has 9 heteroatoms. The number of carbonyl (C=O) groups excluding carboxylic acids is 1. The first kappa shape index (κ1) is 12.5. The van der Waals surface area contributed by atoms with Crippen molar-refractivity contribution in [2.45, 2.75) is 6.92 Å². The maximum Gasteiger partial charge on any atom is 0.328 e. The summed E-state index contributed by atoms with van der Waals surface area (Å²) >= 11 is 0. The van der Waals surface area contributed by atoms with Gasteiger partial charge in [-0.15, -0.1) is 0 Å². The summed E-state index contributed by atoms with van der Waals surface area (Å²) in [4.78, 5) is 25.8. The number of nitro groups is 1. The van der Waals surface area contributed by atoms with Gasteiger partial charge in [-0.3, -0.25) is 20.2 Å². The van der Waals surface area contributed by atoms with Crippen molar-refractivity contribution in [2.75, 3.05) is 11.1 Å². The molecule has 9 nitrogen and oxygen atoms in total. The number of aromatic nitrogens is 2. The van der Waals surface area contributed by atoms with Crippen molar-refractivity contribution < 1.29 is 14.2 Å². The van der Waals surface area contributed by atoms with E-state index >= 15 is 0 Å². The molecule has 0 bridgehead atoms. The second kappa shape index (κ2) is 4.72. The molecule has 0 radical (unpaired) electrons. The first-order valence-corrected chi connectivity index (χ1v) is 5.13. The van der Waals surface area contributed by atoms with Gasteiger partial charge in [0, 0.05) is 11.8 Å². The van der Waals surface area contributed by atoms with Crippen LogP contribution in [0.4, 0.5) is 17.4 Å². The number of nitrogen functional groups attached to an aromatic ring is 1. The van der Waals surface area contributed by atoms with Gasteiger partial charge in [0.1, 0.15) is 5.56 Å². The number of nitrogens with one attached hydrogen (secondary N) is 1. The number of benzene rings is 1. The zero-order chi connectivity index (χ0) is 14.0. The molecule has 98 valence electrons. The Kier molecular flexibility index (Phi) is 3.10. The van der Waals surface area contributed by atoms with Crippen LogP contribution in [0.3, 0.4) is 0 Å². The van der Waals surface area contributed by atoms with Gasteiger partial charge >= 0.3 is 6.01 Å². The molecule has 1 heterocycles. The fourth-order valence-electron chi connectivity index (χ4n) is 1.41. The molecule has 1 aromatic heterocycles. The maximum absolute atomic E-state index is 11.9. The molecule has 0 fully saturated rings. The zero-order valence-corrected chi connectivity index (χ0v) is 9.78. The molecule has 0 unspecified atom stereocenters. The first-order valence-electron chi connectivity index (χ1n) is 5.13. The molecule has 2 aromatic rings. The van der Waals surface area contributed by atoms with E-state index in [2.05, 4.69) is 15.5 Å². The van der Waals surface area contributed by atoms with E-state index in [0.717, 1.165) is 6.07 Å². The van der Waals surface area contributed by atoms with Gasteiger partial charge in [0.05, 0.1) is 4.92 Å². The number of hydrogen-bond acceptors (Lipinski definition) is 7. The Morgan fingerprint density at radius 2 is 2.26 bits per heavy atom. The van der Waals surface area contributed by atoms with Crippen molar-refractivity contribution in [3.05, 3.63) is 39.7 Å². The Morgan fingerprint density at radius 1 is 1.53 bits per heavy atom. The van der Waals surface area contributed by atoms with E-state index in [1.807, 2.05) is 0 Å². The highest BCUT2D eigenvalue weighted by Crippen LogP contribution is 2.22. The molecule has 0 aliphatic rings. The minimum atomic E-state index is -0.748. The third-order valence-corrected chi connectivity index (χ3v) is 2.21. The van der Waals surface area contributed by atoms with Gasteiger partial charge in [-0.1, -0.05) is 5.16 Å². The van der Waals surface area contributed by atoms with Crippen LogP contribution >= 0.6 is 0 Å². The molecule has 3 N–H and O–H groups in total. The fourth-order valence-corrected chi connectivity index (χ4v) is 1.41. The van der Waals surface area contributed by atoms with E-state index in [1.165, 1.54) is 12.1 Å². The van der Waals surface area contributed by atoms with Crippen LogP contribution in [-0.2, 0) is 0 Å². The summed E-state index contributed by atoms with van der Waals surface area (Å²) in [5, 5.41) is 16.6. The van der Waals surface area contributed by atoms with Crippen molar-refractivity contribution in [1.29, 1.82) is 0 Å². The maximum atomic E-state index is 11.9. The summed E-state index contributed by atoms with van der Waals surface area (Å²) in [6.07, 6.45) is 0. The van der Waals surface area contributed by atoms with Crippen LogP contribution in [0.15, 0.2) is 22.7 Å². The third-order valence-electron chi connectivity index (χ3n) is 2.21. The highest BCUT2D eigenvalue weighted by Gasteiger charge is 2.21. The number of nitrogens with zero attached hydrogens (tertiary/aromatic N) is 3. The summed E-state index contributed by atoms with van der Waals surface area (Å²) in [5.74, 6) is -0.417. The SMILES string of the molecule is Cc1noc(NC(=O)c2cc(N)ccc2[N+](=O)[O-])n1. The Hall–Kier alpha value is -2.97. The van der Waals surface area contributed by atoms with Crippen molar-refractivity contribution >= 4 is 23.3 Å². The number of nitrogens with two attached hydrogens (primary N) is 1. The van der Waals surface area contributed by atoms with E-state index in [9.17, 15) is 14.9 Å². The summed E-state index contributed by atoms with van der Waals surface area (Å²) in [6, 6.07) is 3.56. The Labute approximate surface area is 106 Å². The molecule has 19 heavy (non-hydrogen) atoms. The summed E-state index contributed by atoms with van der Waals surface area (Å²) in [7, 11) is 0. The number of hydrogen-bond donors (Lipinski definition) is 2. The number of rotatable bonds is 3. The number of carbonyl (C=O) groups is 1. The first-order chi connectivity index (χ1) is 8.97. The van der Waals surface area contributed by atoms with Gasteiger partial charge in [-0.25, -0.2) is 0 Å². The lowest BCUT2D eigenvalue weighted by Gasteiger charge is -2.03. The van der Waals surface area contributed by atoms with Crippen LogP contribution in [0.5, 0.6) is 0 Å². The average Bonchev–Trinajstić information content (AvgIpc) is 2.74. The minimum Gasteiger partial charge on any atom is -0.399 e. The quantitative estimate of drug-likeness (QED) is 0.480. The number of anilines is 2. The Balaban J connectivity index is 2.32. The lowest BCUT2D eigenvalue weighted by Crippen LogP contribution is -2.14. The van der Waals surface area contributed by atoms with E-state index in [4.69, 9.17) is 10.3 Å². The molecule has 0 spiro atoms. The normalized spacial score (nSPS) is 10.2. The second-order valence-electron chi connectivity index (χ2n) is 3.63. The lowest BCUT2D eigenvalue weighted by molar-refractivity contribution is -0.385. The second-order valence-corrected chi connectivity index (χ2v) is 3.63. The van der Waals surface area contributed by atoms with Crippen LogP contribution in [0.2, 0.25) is 0 Å². The molecular weight excluding hydrogens is 254 g/mol. The lowest BCUT2D eigenvalue weighted by atomic mass is 10.1. The van der Waals surface area contributed by atoms with E-state index in [-0.39, 0.29) is 23.0 Å². The number of aryl methyl sites for hydroxylation is 1. The van der Waals surface area contributed by atoms with Gasteiger partial charge in [0.25, 0.3) is 11.6 Å². The monoisotopic (exact) mass is 263 g/mol. The molecule has 0 saturated carbocycles. The number of nitro benzene ring substituents is 1. The molecule has 1 aromatic carbocycles. The Bertz CT molecular complexity index is 651.